The molecule has 1 aromatic carbocycles. The Morgan fingerprint density at radius 2 is 1.76 bits per heavy atom. The number of fused-ring (bicyclic) bond motifs is 1. The average Bonchev–Trinajstić information content (AvgIpc) is 3.44. The van der Waals surface area contributed by atoms with E-state index in [1.807, 2.05) is 11.0 Å². The standard InChI is InChI=1S/C22H20N4OS2/c1-15(27)25-8-10-26(11-9-25)21-19-18(16-5-3-2-4-6-16)14-29-22(19)24-20(23-21)17-7-12-28-13-17/h2-7,12-14H,8-11H2,1H3. The van der Waals surface area contributed by atoms with E-state index in [0.717, 1.165) is 53.6 Å². The highest BCUT2D eigenvalue weighted by atomic mass is 32.1. The van der Waals surface area contributed by atoms with E-state index >= 15 is 0 Å². The molecule has 1 saturated heterocycles. The molecule has 4 heterocycles. The van der Waals surface area contributed by atoms with Crippen molar-refractivity contribution in [3.63, 3.8) is 0 Å². The Morgan fingerprint density at radius 1 is 0.966 bits per heavy atom. The van der Waals surface area contributed by atoms with Crippen LogP contribution in [-0.2, 0) is 4.79 Å². The summed E-state index contributed by atoms with van der Waals surface area (Å²) >= 11 is 3.32. The van der Waals surface area contributed by atoms with Crippen molar-refractivity contribution >= 4 is 44.6 Å². The zero-order chi connectivity index (χ0) is 19.8. The predicted molar refractivity (Wildman–Crippen MR) is 121 cm³/mol. The molecule has 0 atom stereocenters. The van der Waals surface area contributed by atoms with Gasteiger partial charge in [0.2, 0.25) is 5.91 Å². The molecule has 0 saturated carbocycles. The average molecular weight is 421 g/mol. The van der Waals surface area contributed by atoms with Gasteiger partial charge in [-0.15, -0.1) is 11.3 Å². The van der Waals surface area contributed by atoms with E-state index in [0.29, 0.717) is 0 Å². The SMILES string of the molecule is CC(=O)N1CCN(c2nc(-c3ccsc3)nc3scc(-c4ccccc4)c23)CC1. The molecule has 1 amide bonds. The fourth-order valence-corrected chi connectivity index (χ4v) is 5.31. The van der Waals surface area contributed by atoms with Gasteiger partial charge in [0.1, 0.15) is 10.6 Å². The van der Waals surface area contributed by atoms with Crippen LogP contribution in [0.15, 0.2) is 52.5 Å². The number of carbonyl (C=O) groups excluding carboxylic acids is 1. The zero-order valence-corrected chi connectivity index (χ0v) is 17.7. The molecule has 29 heavy (non-hydrogen) atoms. The first-order chi connectivity index (χ1) is 14.2. The number of rotatable bonds is 3. The third-order valence-electron chi connectivity index (χ3n) is 5.30. The number of benzene rings is 1. The minimum Gasteiger partial charge on any atom is -0.352 e. The minimum absolute atomic E-state index is 0.136. The van der Waals surface area contributed by atoms with Crippen molar-refractivity contribution in [3.05, 3.63) is 52.5 Å². The molecule has 0 aliphatic carbocycles. The summed E-state index contributed by atoms with van der Waals surface area (Å²) in [6.45, 7) is 4.64. The first-order valence-electron chi connectivity index (χ1n) is 9.58. The first kappa shape index (κ1) is 18.3. The van der Waals surface area contributed by atoms with Crippen LogP contribution in [0.3, 0.4) is 0 Å². The molecule has 0 unspecified atom stereocenters. The van der Waals surface area contributed by atoms with Crippen molar-refractivity contribution in [1.82, 2.24) is 14.9 Å². The zero-order valence-electron chi connectivity index (χ0n) is 16.0. The Hall–Kier alpha value is -2.77. The van der Waals surface area contributed by atoms with Crippen LogP contribution < -0.4 is 4.90 Å². The van der Waals surface area contributed by atoms with E-state index in [1.54, 1.807) is 29.6 Å². The molecule has 146 valence electrons. The summed E-state index contributed by atoms with van der Waals surface area (Å²) < 4.78 is 0. The first-order valence-corrected chi connectivity index (χ1v) is 11.4. The van der Waals surface area contributed by atoms with Crippen molar-refractivity contribution in [2.24, 2.45) is 0 Å². The fraction of sp³-hybridized carbons (Fsp3) is 0.227. The van der Waals surface area contributed by atoms with E-state index in [4.69, 9.17) is 9.97 Å². The molecular weight excluding hydrogens is 400 g/mol. The number of hydrogen-bond donors (Lipinski definition) is 0. The van der Waals surface area contributed by atoms with Crippen LogP contribution in [0.2, 0.25) is 0 Å². The Morgan fingerprint density at radius 3 is 2.45 bits per heavy atom. The van der Waals surface area contributed by atoms with Crippen LogP contribution in [0.4, 0.5) is 5.82 Å². The highest BCUT2D eigenvalue weighted by Gasteiger charge is 2.24. The number of thiophene rings is 2. The Labute approximate surface area is 177 Å². The third kappa shape index (κ3) is 3.41. The second kappa shape index (κ2) is 7.57. The molecule has 5 nitrogen and oxygen atoms in total. The van der Waals surface area contributed by atoms with Gasteiger partial charge in [-0.05, 0) is 17.0 Å². The van der Waals surface area contributed by atoms with Gasteiger partial charge in [0.25, 0.3) is 0 Å². The number of anilines is 1. The topological polar surface area (TPSA) is 49.3 Å². The number of amides is 1. The second-order valence-corrected chi connectivity index (χ2v) is 8.71. The number of carbonyl (C=O) groups is 1. The quantitative estimate of drug-likeness (QED) is 0.480. The fourth-order valence-electron chi connectivity index (χ4n) is 3.74. The summed E-state index contributed by atoms with van der Waals surface area (Å²) in [5, 5.41) is 7.43. The van der Waals surface area contributed by atoms with Crippen LogP contribution in [0.1, 0.15) is 6.92 Å². The molecule has 1 fully saturated rings. The summed E-state index contributed by atoms with van der Waals surface area (Å²) in [6, 6.07) is 12.5. The van der Waals surface area contributed by atoms with Crippen LogP contribution >= 0.6 is 22.7 Å². The van der Waals surface area contributed by atoms with Gasteiger partial charge in [-0.2, -0.15) is 11.3 Å². The second-order valence-electron chi connectivity index (χ2n) is 7.07. The number of hydrogen-bond acceptors (Lipinski definition) is 6. The molecule has 1 aliphatic heterocycles. The smallest absolute Gasteiger partial charge is 0.219 e. The van der Waals surface area contributed by atoms with E-state index in [-0.39, 0.29) is 5.91 Å². The maximum absolute atomic E-state index is 11.7. The lowest BCUT2D eigenvalue weighted by atomic mass is 10.1. The van der Waals surface area contributed by atoms with Gasteiger partial charge in [0.15, 0.2) is 5.82 Å². The number of aromatic nitrogens is 2. The van der Waals surface area contributed by atoms with E-state index < -0.39 is 0 Å². The molecular formula is C22H20N4OS2. The van der Waals surface area contributed by atoms with Gasteiger partial charge in [-0.25, -0.2) is 9.97 Å². The Bertz CT molecular complexity index is 1150. The van der Waals surface area contributed by atoms with Crippen molar-refractivity contribution in [3.8, 4) is 22.5 Å². The van der Waals surface area contributed by atoms with Crippen LogP contribution in [-0.4, -0.2) is 47.0 Å². The molecule has 7 heteroatoms. The Balaban J connectivity index is 1.65. The minimum atomic E-state index is 0.136. The van der Waals surface area contributed by atoms with Crippen LogP contribution in [0, 0.1) is 0 Å². The summed E-state index contributed by atoms with van der Waals surface area (Å²) in [7, 11) is 0. The maximum atomic E-state index is 11.7. The van der Waals surface area contributed by atoms with Crippen molar-refractivity contribution in [2.75, 3.05) is 31.1 Å². The monoisotopic (exact) mass is 420 g/mol. The van der Waals surface area contributed by atoms with Gasteiger partial charge in [-0.1, -0.05) is 30.3 Å². The highest BCUT2D eigenvalue weighted by Crippen LogP contribution is 2.39. The Kier molecular flexibility index (Phi) is 4.77. The van der Waals surface area contributed by atoms with E-state index in [9.17, 15) is 4.79 Å². The molecule has 1 aliphatic rings. The summed E-state index contributed by atoms with van der Waals surface area (Å²) in [5.41, 5.74) is 3.40. The lowest BCUT2D eigenvalue weighted by Crippen LogP contribution is -2.48. The normalized spacial score (nSPS) is 14.5. The summed E-state index contributed by atoms with van der Waals surface area (Å²) in [4.78, 5) is 26.9. The number of nitrogens with zero attached hydrogens (tertiary/aromatic N) is 4. The van der Waals surface area contributed by atoms with Crippen molar-refractivity contribution < 1.29 is 4.79 Å². The third-order valence-corrected chi connectivity index (χ3v) is 6.86. The molecule has 4 aromatic rings. The predicted octanol–water partition coefficient (Wildman–Crippen LogP) is 4.76. The van der Waals surface area contributed by atoms with Gasteiger partial charge in [0, 0.05) is 55.0 Å². The van der Waals surface area contributed by atoms with Gasteiger partial charge >= 0.3 is 0 Å². The lowest BCUT2D eigenvalue weighted by molar-refractivity contribution is -0.129. The van der Waals surface area contributed by atoms with Crippen LogP contribution in [0.5, 0.6) is 0 Å². The largest absolute Gasteiger partial charge is 0.352 e. The van der Waals surface area contributed by atoms with E-state index in [1.165, 1.54) is 11.1 Å². The number of piperazine rings is 1. The van der Waals surface area contributed by atoms with Gasteiger partial charge in [-0.3, -0.25) is 4.79 Å². The molecule has 5 rings (SSSR count). The molecule has 0 radical (unpaired) electrons. The summed E-state index contributed by atoms with van der Waals surface area (Å²) in [6.07, 6.45) is 0. The van der Waals surface area contributed by atoms with Crippen molar-refractivity contribution in [2.45, 2.75) is 6.92 Å². The summed E-state index contributed by atoms with van der Waals surface area (Å²) in [5.74, 6) is 1.88. The van der Waals surface area contributed by atoms with Crippen molar-refractivity contribution in [1.29, 1.82) is 0 Å². The van der Waals surface area contributed by atoms with Gasteiger partial charge < -0.3 is 9.80 Å². The molecule has 0 N–H and O–H groups in total. The lowest BCUT2D eigenvalue weighted by Gasteiger charge is -2.35. The van der Waals surface area contributed by atoms with Gasteiger partial charge in [0.05, 0.1) is 5.39 Å². The molecule has 0 spiro atoms. The van der Waals surface area contributed by atoms with E-state index in [2.05, 4.69) is 51.4 Å². The molecule has 0 bridgehead atoms. The maximum Gasteiger partial charge on any atom is 0.219 e. The molecule has 3 aromatic heterocycles. The van der Waals surface area contributed by atoms with Crippen LogP contribution in [0.25, 0.3) is 32.7 Å². The highest BCUT2D eigenvalue weighted by molar-refractivity contribution is 7.17.